The van der Waals surface area contributed by atoms with Gasteiger partial charge in [-0.05, 0) is 31.0 Å². The van der Waals surface area contributed by atoms with E-state index in [-0.39, 0.29) is 6.42 Å². The first-order valence-electron chi connectivity index (χ1n) is 7.48. The van der Waals surface area contributed by atoms with Crippen LogP contribution in [0.3, 0.4) is 0 Å². The highest BCUT2D eigenvalue weighted by atomic mass is 16.4. The van der Waals surface area contributed by atoms with Gasteiger partial charge in [-0.15, -0.1) is 0 Å². The Morgan fingerprint density at radius 1 is 1.35 bits per heavy atom. The second-order valence-corrected chi connectivity index (χ2v) is 5.32. The number of aryl methyl sites for hydroxylation is 2. The summed E-state index contributed by atoms with van der Waals surface area (Å²) in [5.74, 6) is -1.50. The van der Waals surface area contributed by atoms with Crippen LogP contribution in [0.2, 0.25) is 0 Å². The topological polar surface area (TPSA) is 97.1 Å². The van der Waals surface area contributed by atoms with E-state index in [9.17, 15) is 14.7 Å². The second kappa shape index (κ2) is 7.53. The Morgan fingerprint density at radius 3 is 2.65 bits per heavy atom. The molecule has 0 bridgehead atoms. The zero-order chi connectivity index (χ0) is 16.8. The van der Waals surface area contributed by atoms with Crippen molar-refractivity contribution in [2.24, 2.45) is 0 Å². The van der Waals surface area contributed by atoms with Crippen LogP contribution in [0, 0.1) is 6.92 Å². The average Bonchev–Trinajstić information content (AvgIpc) is 2.88. The lowest BCUT2D eigenvalue weighted by atomic mass is 10.1. The van der Waals surface area contributed by atoms with Gasteiger partial charge in [-0.2, -0.15) is 5.10 Å². The molecule has 0 aliphatic rings. The van der Waals surface area contributed by atoms with Crippen LogP contribution in [-0.2, 0) is 17.8 Å². The highest BCUT2D eigenvalue weighted by molar-refractivity contribution is 5.97. The summed E-state index contributed by atoms with van der Waals surface area (Å²) in [5, 5.41) is 16.2. The Morgan fingerprint density at radius 2 is 2.04 bits per heavy atom. The van der Waals surface area contributed by atoms with E-state index in [4.69, 9.17) is 0 Å². The Bertz CT molecular complexity index is 682. The molecule has 2 aromatic rings. The van der Waals surface area contributed by atoms with E-state index in [1.807, 2.05) is 6.92 Å². The van der Waals surface area contributed by atoms with Gasteiger partial charge in [0.15, 0.2) is 0 Å². The predicted molar refractivity (Wildman–Crippen MR) is 84.1 cm³/mol. The van der Waals surface area contributed by atoms with E-state index in [2.05, 4.69) is 15.4 Å². The van der Waals surface area contributed by atoms with E-state index in [0.717, 1.165) is 12.0 Å². The standard InChI is InChI=1S/C16H20N4O3/c1-3-8-20-10-13(11(2)19-20)15(21)18-14(16(22)23)9-12-4-6-17-7-5-12/h4-7,10,14H,3,8-9H2,1-2H3,(H,18,21)(H,22,23)/t14-/m1/s1. The van der Waals surface area contributed by atoms with Crippen LogP contribution in [0.5, 0.6) is 0 Å². The summed E-state index contributed by atoms with van der Waals surface area (Å²) in [6.07, 6.45) is 5.94. The number of nitrogens with one attached hydrogen (secondary N) is 1. The SMILES string of the molecule is CCCn1cc(C(=O)N[C@H](Cc2ccncc2)C(=O)O)c(C)n1. The van der Waals surface area contributed by atoms with E-state index in [1.54, 1.807) is 42.3 Å². The summed E-state index contributed by atoms with van der Waals surface area (Å²) in [6, 6.07) is 2.46. The quantitative estimate of drug-likeness (QED) is 0.805. The molecule has 122 valence electrons. The minimum atomic E-state index is -1.08. The Labute approximate surface area is 134 Å². The number of carbonyl (C=O) groups excluding carboxylic acids is 1. The van der Waals surface area contributed by atoms with Crippen molar-refractivity contribution in [1.82, 2.24) is 20.1 Å². The zero-order valence-electron chi connectivity index (χ0n) is 13.2. The number of hydrogen-bond donors (Lipinski definition) is 2. The molecule has 0 unspecified atom stereocenters. The third-order valence-corrected chi connectivity index (χ3v) is 3.44. The number of aliphatic carboxylic acids is 1. The van der Waals surface area contributed by atoms with Gasteiger partial charge < -0.3 is 10.4 Å². The molecular formula is C16H20N4O3. The number of pyridine rings is 1. The van der Waals surface area contributed by atoms with E-state index in [1.165, 1.54) is 0 Å². The van der Waals surface area contributed by atoms with Crippen molar-refractivity contribution in [3.63, 3.8) is 0 Å². The monoisotopic (exact) mass is 316 g/mol. The van der Waals surface area contributed by atoms with Gasteiger partial charge in [0.1, 0.15) is 6.04 Å². The normalized spacial score (nSPS) is 11.9. The molecule has 23 heavy (non-hydrogen) atoms. The van der Waals surface area contributed by atoms with Crippen LogP contribution in [0.25, 0.3) is 0 Å². The fourth-order valence-electron chi connectivity index (χ4n) is 2.28. The molecule has 1 atom stereocenters. The van der Waals surface area contributed by atoms with Crippen LogP contribution in [-0.4, -0.2) is 37.8 Å². The lowest BCUT2D eigenvalue weighted by Gasteiger charge is -2.14. The summed E-state index contributed by atoms with van der Waals surface area (Å²) in [4.78, 5) is 27.7. The highest BCUT2D eigenvalue weighted by Crippen LogP contribution is 2.08. The maximum absolute atomic E-state index is 12.3. The molecule has 2 aromatic heterocycles. The molecule has 0 aromatic carbocycles. The van der Waals surface area contributed by atoms with Crippen LogP contribution in [0.15, 0.2) is 30.7 Å². The van der Waals surface area contributed by atoms with Gasteiger partial charge in [-0.1, -0.05) is 6.92 Å². The number of carboxylic acid groups (broad SMARTS) is 1. The minimum absolute atomic E-state index is 0.200. The lowest BCUT2D eigenvalue weighted by molar-refractivity contribution is -0.139. The number of hydrogen-bond acceptors (Lipinski definition) is 4. The molecule has 0 saturated carbocycles. The second-order valence-electron chi connectivity index (χ2n) is 5.32. The van der Waals surface area contributed by atoms with Crippen LogP contribution < -0.4 is 5.32 Å². The number of carboxylic acids is 1. The molecule has 0 fully saturated rings. The van der Waals surface area contributed by atoms with Crippen LogP contribution >= 0.6 is 0 Å². The average molecular weight is 316 g/mol. The molecule has 0 saturated heterocycles. The lowest BCUT2D eigenvalue weighted by Crippen LogP contribution is -2.42. The molecule has 7 nitrogen and oxygen atoms in total. The van der Waals surface area contributed by atoms with Crippen molar-refractivity contribution in [2.45, 2.75) is 39.3 Å². The number of aromatic nitrogens is 3. The van der Waals surface area contributed by atoms with Gasteiger partial charge in [0.2, 0.25) is 0 Å². The van der Waals surface area contributed by atoms with Crippen molar-refractivity contribution >= 4 is 11.9 Å². The van der Waals surface area contributed by atoms with Crippen molar-refractivity contribution in [1.29, 1.82) is 0 Å². The molecule has 7 heteroatoms. The van der Waals surface area contributed by atoms with E-state index in [0.29, 0.717) is 17.8 Å². The third-order valence-electron chi connectivity index (χ3n) is 3.44. The van der Waals surface area contributed by atoms with Crippen LogP contribution in [0.1, 0.15) is 35.0 Å². The molecule has 0 radical (unpaired) electrons. The van der Waals surface area contributed by atoms with Gasteiger partial charge >= 0.3 is 5.97 Å². The third kappa shape index (κ3) is 4.38. The maximum Gasteiger partial charge on any atom is 0.326 e. The number of amides is 1. The van der Waals surface area contributed by atoms with Gasteiger partial charge in [-0.3, -0.25) is 14.5 Å². The van der Waals surface area contributed by atoms with Gasteiger partial charge in [0.25, 0.3) is 5.91 Å². The van der Waals surface area contributed by atoms with Gasteiger partial charge in [-0.25, -0.2) is 4.79 Å². The Kier molecular flexibility index (Phi) is 5.46. The summed E-state index contributed by atoms with van der Waals surface area (Å²) in [6.45, 7) is 4.47. The largest absolute Gasteiger partial charge is 0.480 e. The summed E-state index contributed by atoms with van der Waals surface area (Å²) < 4.78 is 1.70. The first-order chi connectivity index (χ1) is 11.0. The van der Waals surface area contributed by atoms with Crippen molar-refractivity contribution in [3.8, 4) is 0 Å². The molecule has 2 heterocycles. The number of carbonyl (C=O) groups is 2. The minimum Gasteiger partial charge on any atom is -0.480 e. The smallest absolute Gasteiger partial charge is 0.326 e. The first kappa shape index (κ1) is 16.7. The Hall–Kier alpha value is -2.70. The summed E-state index contributed by atoms with van der Waals surface area (Å²) in [7, 11) is 0. The first-order valence-corrected chi connectivity index (χ1v) is 7.48. The summed E-state index contributed by atoms with van der Waals surface area (Å²) in [5.41, 5.74) is 1.79. The molecular weight excluding hydrogens is 296 g/mol. The van der Waals surface area contributed by atoms with E-state index >= 15 is 0 Å². The summed E-state index contributed by atoms with van der Waals surface area (Å²) >= 11 is 0. The molecule has 0 aliphatic carbocycles. The van der Waals surface area contributed by atoms with Crippen molar-refractivity contribution in [2.75, 3.05) is 0 Å². The van der Waals surface area contributed by atoms with Crippen molar-refractivity contribution in [3.05, 3.63) is 47.5 Å². The van der Waals surface area contributed by atoms with Gasteiger partial charge in [0.05, 0.1) is 11.3 Å². The molecule has 2 N–H and O–H groups in total. The molecule has 0 spiro atoms. The van der Waals surface area contributed by atoms with Gasteiger partial charge in [0, 0.05) is 31.6 Å². The molecule has 0 aliphatic heterocycles. The zero-order valence-corrected chi connectivity index (χ0v) is 13.2. The van der Waals surface area contributed by atoms with Crippen molar-refractivity contribution < 1.29 is 14.7 Å². The molecule has 2 rings (SSSR count). The number of nitrogens with zero attached hydrogens (tertiary/aromatic N) is 3. The van der Waals surface area contributed by atoms with E-state index < -0.39 is 17.9 Å². The fourth-order valence-corrected chi connectivity index (χ4v) is 2.28. The van der Waals surface area contributed by atoms with Crippen LogP contribution in [0.4, 0.5) is 0 Å². The predicted octanol–water partition coefficient (Wildman–Crippen LogP) is 1.42. The highest BCUT2D eigenvalue weighted by Gasteiger charge is 2.23. The maximum atomic E-state index is 12.3. The molecule has 1 amide bonds. The number of rotatable bonds is 7. The fraction of sp³-hybridized carbons (Fsp3) is 0.375. The Balaban J connectivity index is 2.10.